The van der Waals surface area contributed by atoms with Gasteiger partial charge in [-0.1, -0.05) is 19.3 Å². The van der Waals surface area contributed by atoms with Gasteiger partial charge >= 0.3 is 6.03 Å². The van der Waals surface area contributed by atoms with Crippen LogP contribution in [-0.2, 0) is 6.54 Å². The molecule has 0 aromatic carbocycles. The van der Waals surface area contributed by atoms with E-state index in [-0.39, 0.29) is 6.03 Å². The van der Waals surface area contributed by atoms with Crippen molar-refractivity contribution in [1.82, 2.24) is 24.2 Å². The number of urea groups is 1. The number of anilines is 1. The highest BCUT2D eigenvalue weighted by molar-refractivity contribution is 5.88. The molecule has 2 aromatic rings. The van der Waals surface area contributed by atoms with Crippen LogP contribution in [0, 0.1) is 12.8 Å². The van der Waals surface area contributed by atoms with Gasteiger partial charge in [0.2, 0.25) is 0 Å². The molecule has 1 aliphatic heterocycles. The van der Waals surface area contributed by atoms with Crippen molar-refractivity contribution >= 4 is 11.8 Å². The third-order valence-electron chi connectivity index (χ3n) is 5.85. The highest BCUT2D eigenvalue weighted by Gasteiger charge is 2.26. The molecule has 2 amide bonds. The first-order valence-corrected chi connectivity index (χ1v) is 10.3. The maximum atomic E-state index is 12.9. The molecular formula is C20H30N6O. The van der Waals surface area contributed by atoms with Crippen LogP contribution in [0.25, 0.3) is 0 Å². The fraction of sp³-hybridized carbons (Fsp3) is 0.650. The number of nitrogens with one attached hydrogen (secondary N) is 1. The maximum absolute atomic E-state index is 12.9. The van der Waals surface area contributed by atoms with Crippen LogP contribution in [0.5, 0.6) is 0 Å². The van der Waals surface area contributed by atoms with E-state index in [9.17, 15) is 4.79 Å². The molecule has 1 unspecified atom stereocenters. The number of hydrogen-bond acceptors (Lipinski definition) is 3. The molecule has 1 saturated heterocycles. The number of piperidine rings is 1. The number of carbonyl (C=O) groups excluding carboxylic acids is 1. The molecule has 3 heterocycles. The van der Waals surface area contributed by atoms with E-state index in [4.69, 9.17) is 0 Å². The minimum absolute atomic E-state index is 0.00212. The molecule has 0 radical (unpaired) electrons. The molecule has 1 atom stereocenters. The molecule has 4 rings (SSSR count). The van der Waals surface area contributed by atoms with Gasteiger partial charge in [0.05, 0.1) is 18.1 Å². The lowest BCUT2D eigenvalue weighted by Crippen LogP contribution is -2.43. The van der Waals surface area contributed by atoms with Gasteiger partial charge < -0.3 is 9.47 Å². The van der Waals surface area contributed by atoms with Gasteiger partial charge in [0.15, 0.2) is 0 Å². The van der Waals surface area contributed by atoms with Gasteiger partial charge in [-0.2, -0.15) is 5.10 Å². The number of amides is 2. The van der Waals surface area contributed by atoms with E-state index in [1.165, 1.54) is 19.3 Å². The summed E-state index contributed by atoms with van der Waals surface area (Å²) in [6.07, 6.45) is 14.0. The summed E-state index contributed by atoms with van der Waals surface area (Å²) in [5.74, 6) is 1.32. The lowest BCUT2D eigenvalue weighted by molar-refractivity contribution is 0.170. The van der Waals surface area contributed by atoms with Gasteiger partial charge in [0, 0.05) is 38.1 Å². The number of rotatable bonds is 4. The van der Waals surface area contributed by atoms with Crippen LogP contribution in [0.1, 0.15) is 56.7 Å². The number of likely N-dealkylation sites (tertiary alicyclic amines) is 1. The average molecular weight is 371 g/mol. The number of aryl methyl sites for hydroxylation is 1. The zero-order valence-corrected chi connectivity index (χ0v) is 16.2. The molecule has 0 spiro atoms. The summed E-state index contributed by atoms with van der Waals surface area (Å²) in [4.78, 5) is 19.0. The Morgan fingerprint density at radius 3 is 2.85 bits per heavy atom. The maximum Gasteiger partial charge on any atom is 0.323 e. The second-order valence-corrected chi connectivity index (χ2v) is 8.05. The lowest BCUT2D eigenvalue weighted by atomic mass is 9.96. The van der Waals surface area contributed by atoms with Crippen molar-refractivity contribution < 1.29 is 4.79 Å². The summed E-state index contributed by atoms with van der Waals surface area (Å²) in [5.41, 5.74) is 0.965. The van der Waals surface area contributed by atoms with Crippen LogP contribution in [0.3, 0.4) is 0 Å². The van der Waals surface area contributed by atoms with E-state index >= 15 is 0 Å². The first-order valence-electron chi connectivity index (χ1n) is 10.3. The summed E-state index contributed by atoms with van der Waals surface area (Å²) < 4.78 is 4.16. The zero-order chi connectivity index (χ0) is 18.6. The second kappa shape index (κ2) is 8.15. The fourth-order valence-electron chi connectivity index (χ4n) is 4.49. The molecule has 0 bridgehead atoms. The Kier molecular flexibility index (Phi) is 5.45. The average Bonchev–Trinajstić information content (AvgIpc) is 3.32. The Morgan fingerprint density at radius 2 is 2.07 bits per heavy atom. The molecule has 1 aliphatic carbocycles. The minimum atomic E-state index is 0.00212. The summed E-state index contributed by atoms with van der Waals surface area (Å²) in [6.45, 7) is 4.53. The van der Waals surface area contributed by atoms with Crippen LogP contribution in [0.4, 0.5) is 10.6 Å². The lowest BCUT2D eigenvalue weighted by Gasteiger charge is -2.33. The van der Waals surface area contributed by atoms with Gasteiger partial charge in [-0.3, -0.25) is 5.32 Å². The molecule has 146 valence electrons. The largest absolute Gasteiger partial charge is 0.337 e. The Balaban J connectivity index is 1.40. The quantitative estimate of drug-likeness (QED) is 0.889. The molecule has 1 N–H and O–H groups in total. The van der Waals surface area contributed by atoms with Crippen molar-refractivity contribution in [3.05, 3.63) is 30.5 Å². The van der Waals surface area contributed by atoms with E-state index in [2.05, 4.69) is 24.6 Å². The molecular weight excluding hydrogens is 340 g/mol. The molecule has 7 nitrogen and oxygen atoms in total. The monoisotopic (exact) mass is 370 g/mol. The molecule has 7 heteroatoms. The Labute approximate surface area is 160 Å². The van der Waals surface area contributed by atoms with Crippen molar-refractivity contribution in [3.8, 4) is 0 Å². The first kappa shape index (κ1) is 18.1. The predicted octanol–water partition coefficient (Wildman–Crippen LogP) is 3.84. The molecule has 27 heavy (non-hydrogen) atoms. The smallest absolute Gasteiger partial charge is 0.323 e. The second-order valence-electron chi connectivity index (χ2n) is 8.05. The molecule has 1 saturated carbocycles. The Hall–Kier alpha value is -2.31. The van der Waals surface area contributed by atoms with Gasteiger partial charge in [-0.15, -0.1) is 0 Å². The minimum Gasteiger partial charge on any atom is -0.337 e. The van der Waals surface area contributed by atoms with E-state index in [0.29, 0.717) is 12.0 Å². The predicted molar refractivity (Wildman–Crippen MR) is 105 cm³/mol. The van der Waals surface area contributed by atoms with Crippen LogP contribution in [-0.4, -0.2) is 43.4 Å². The van der Waals surface area contributed by atoms with Gasteiger partial charge in [0.1, 0.15) is 5.82 Å². The van der Waals surface area contributed by atoms with Crippen LogP contribution in [0.2, 0.25) is 0 Å². The van der Waals surface area contributed by atoms with Crippen molar-refractivity contribution in [2.75, 3.05) is 18.4 Å². The fourth-order valence-corrected chi connectivity index (χ4v) is 4.49. The number of aromatic nitrogens is 4. The van der Waals surface area contributed by atoms with Gasteiger partial charge in [-0.05, 0) is 38.5 Å². The number of carbonyl (C=O) groups is 1. The number of hydrogen-bond donors (Lipinski definition) is 1. The SMILES string of the molecule is Cc1cc(NC(=O)N2CCCC(Cn3ccnc3)C2)n(C2CCCCC2)n1. The van der Waals surface area contributed by atoms with Gasteiger partial charge in [0.25, 0.3) is 0 Å². The highest BCUT2D eigenvalue weighted by Crippen LogP contribution is 2.31. The van der Waals surface area contributed by atoms with Crippen LogP contribution in [0.15, 0.2) is 24.8 Å². The third kappa shape index (κ3) is 4.34. The van der Waals surface area contributed by atoms with Crippen LogP contribution >= 0.6 is 0 Å². The standard InChI is InChI=1S/C20H30N6O/c1-16-12-19(26(23-16)18-7-3-2-4-8-18)22-20(27)25-10-5-6-17(14-25)13-24-11-9-21-15-24/h9,11-12,15,17-18H,2-8,10,13-14H2,1H3,(H,22,27). The van der Waals surface area contributed by atoms with Crippen LogP contribution < -0.4 is 5.32 Å². The van der Waals surface area contributed by atoms with Crippen molar-refractivity contribution in [3.63, 3.8) is 0 Å². The zero-order valence-electron chi connectivity index (χ0n) is 16.2. The van der Waals surface area contributed by atoms with Crippen molar-refractivity contribution in [2.24, 2.45) is 5.92 Å². The Bertz CT molecular complexity index is 747. The molecule has 2 fully saturated rings. The summed E-state index contributed by atoms with van der Waals surface area (Å²) >= 11 is 0. The summed E-state index contributed by atoms with van der Waals surface area (Å²) in [5, 5.41) is 7.82. The van der Waals surface area contributed by atoms with Gasteiger partial charge in [-0.25, -0.2) is 14.5 Å². The van der Waals surface area contributed by atoms with E-state index < -0.39 is 0 Å². The third-order valence-corrected chi connectivity index (χ3v) is 5.85. The topological polar surface area (TPSA) is 68.0 Å². The van der Waals surface area contributed by atoms with E-state index in [1.807, 2.05) is 36.6 Å². The van der Waals surface area contributed by atoms with E-state index in [1.54, 1.807) is 0 Å². The number of nitrogens with zero attached hydrogens (tertiary/aromatic N) is 5. The molecule has 2 aliphatic rings. The first-order chi connectivity index (χ1) is 13.2. The van der Waals surface area contributed by atoms with E-state index in [0.717, 1.165) is 56.8 Å². The normalized spacial score (nSPS) is 21.4. The molecule has 2 aromatic heterocycles. The van der Waals surface area contributed by atoms with Crippen molar-refractivity contribution in [1.29, 1.82) is 0 Å². The number of imidazole rings is 1. The Morgan fingerprint density at radius 1 is 1.22 bits per heavy atom. The highest BCUT2D eigenvalue weighted by atomic mass is 16.2. The van der Waals surface area contributed by atoms with Crippen molar-refractivity contribution in [2.45, 2.75) is 64.5 Å². The summed E-state index contributed by atoms with van der Waals surface area (Å²) in [7, 11) is 0. The summed E-state index contributed by atoms with van der Waals surface area (Å²) in [6, 6.07) is 2.42.